The molecule has 1 aromatic heterocycles. The van der Waals surface area contributed by atoms with Crippen molar-refractivity contribution in [1.29, 1.82) is 0 Å². The van der Waals surface area contributed by atoms with Gasteiger partial charge in [0, 0.05) is 12.1 Å². The lowest BCUT2D eigenvalue weighted by Gasteiger charge is -1.97. The molecule has 1 aromatic carbocycles. The predicted molar refractivity (Wildman–Crippen MR) is 47.3 cm³/mol. The number of benzene rings is 1. The fourth-order valence-corrected chi connectivity index (χ4v) is 1.19. The van der Waals surface area contributed by atoms with Crippen LogP contribution in [0.1, 0.15) is 6.92 Å². The van der Waals surface area contributed by atoms with E-state index < -0.39 is 0 Å². The highest BCUT2D eigenvalue weighted by atomic mass is 16.8. The van der Waals surface area contributed by atoms with E-state index in [0.29, 0.717) is 16.1 Å². The third kappa shape index (κ3) is 1.26. The smallest absolute Gasteiger partial charge is 0.271 e. The summed E-state index contributed by atoms with van der Waals surface area (Å²) in [5.41, 5.74) is 1.10. The highest BCUT2D eigenvalue weighted by Crippen LogP contribution is 2.18. The first-order valence-electron chi connectivity index (χ1n) is 3.94. The molecule has 0 atom stereocenters. The van der Waals surface area contributed by atoms with Gasteiger partial charge in [0.25, 0.3) is 5.52 Å². The molecule has 0 spiro atoms. The summed E-state index contributed by atoms with van der Waals surface area (Å²) < 4.78 is 4.40. The molecule has 6 nitrogen and oxygen atoms in total. The number of nitrogens with one attached hydrogen (secondary N) is 1. The minimum absolute atomic E-state index is 0.224. The molecule has 1 N–H and O–H groups in total. The van der Waals surface area contributed by atoms with Crippen LogP contribution in [0.3, 0.4) is 0 Å². The summed E-state index contributed by atoms with van der Waals surface area (Å²) in [7, 11) is 0. The van der Waals surface area contributed by atoms with Gasteiger partial charge in [-0.25, -0.2) is 0 Å². The minimum Gasteiger partial charge on any atom is -0.359 e. The monoisotopic (exact) mass is 193 g/mol. The van der Waals surface area contributed by atoms with Crippen molar-refractivity contribution in [1.82, 2.24) is 5.16 Å². The molecule has 0 bridgehead atoms. The molecule has 0 fully saturated rings. The van der Waals surface area contributed by atoms with Crippen LogP contribution in [0.5, 0.6) is 0 Å². The second-order valence-electron chi connectivity index (χ2n) is 2.78. The van der Waals surface area contributed by atoms with Crippen LogP contribution in [0, 0.1) is 5.21 Å². The molecule has 1 amide bonds. The molecule has 0 radical (unpaired) electrons. The van der Waals surface area contributed by atoms with E-state index in [1.54, 1.807) is 18.2 Å². The van der Waals surface area contributed by atoms with Gasteiger partial charge < -0.3 is 10.5 Å². The first-order valence-corrected chi connectivity index (χ1v) is 3.94. The number of hydrogen-bond donors (Lipinski definition) is 1. The molecule has 2 rings (SSSR count). The molecule has 0 aliphatic rings. The lowest BCUT2D eigenvalue weighted by Crippen LogP contribution is -2.22. The molecule has 0 aliphatic heterocycles. The molecule has 0 saturated carbocycles. The van der Waals surface area contributed by atoms with E-state index >= 15 is 0 Å². The number of aromatic nitrogens is 2. The number of carbonyl (C=O) groups is 1. The third-order valence-corrected chi connectivity index (χ3v) is 1.73. The van der Waals surface area contributed by atoms with Gasteiger partial charge in [-0.1, -0.05) is 6.07 Å². The Labute approximate surface area is 78.6 Å². The average molecular weight is 193 g/mol. The second kappa shape index (κ2) is 2.99. The van der Waals surface area contributed by atoms with E-state index in [9.17, 15) is 10.0 Å². The molecule has 14 heavy (non-hydrogen) atoms. The maximum Gasteiger partial charge on any atom is 0.271 e. The fraction of sp³-hybridized carbons (Fsp3) is 0.125. The summed E-state index contributed by atoms with van der Waals surface area (Å²) in [5, 5.41) is 17.1. The number of fused-ring (bicyclic) bond motifs is 1. The van der Waals surface area contributed by atoms with Crippen LogP contribution in [-0.2, 0) is 4.79 Å². The van der Waals surface area contributed by atoms with Gasteiger partial charge in [0.2, 0.25) is 11.4 Å². The Morgan fingerprint density at radius 2 is 2.43 bits per heavy atom. The molecule has 2 aromatic rings. The zero-order valence-corrected chi connectivity index (χ0v) is 7.35. The zero-order valence-electron chi connectivity index (χ0n) is 7.35. The standard InChI is InChI=1S/C8H7N3O3/c1-5(12)9-6-3-2-4-7-8(6)10-14-11(7)13/h2-4H,1H3,(H,9,12). The Morgan fingerprint density at radius 1 is 1.64 bits per heavy atom. The van der Waals surface area contributed by atoms with Crippen molar-refractivity contribution in [2.24, 2.45) is 0 Å². The Morgan fingerprint density at radius 3 is 3.14 bits per heavy atom. The summed E-state index contributed by atoms with van der Waals surface area (Å²) in [4.78, 5) is 11.1. The summed E-state index contributed by atoms with van der Waals surface area (Å²) in [5.74, 6) is -0.224. The van der Waals surface area contributed by atoms with Gasteiger partial charge in [-0.2, -0.15) is 0 Å². The summed E-state index contributed by atoms with van der Waals surface area (Å²) in [6, 6.07) is 4.84. The van der Waals surface area contributed by atoms with E-state index in [0.717, 1.165) is 0 Å². The Bertz CT molecular complexity index is 492. The maximum absolute atomic E-state index is 11.0. The number of anilines is 1. The van der Waals surface area contributed by atoms with Gasteiger partial charge in [-0.15, -0.1) is 0 Å². The van der Waals surface area contributed by atoms with Crippen molar-refractivity contribution < 1.29 is 14.3 Å². The normalized spacial score (nSPS) is 10.4. The van der Waals surface area contributed by atoms with Crippen LogP contribution >= 0.6 is 0 Å². The molecular weight excluding hydrogens is 186 g/mol. The summed E-state index contributed by atoms with van der Waals surface area (Å²) in [6.07, 6.45) is 0. The maximum atomic E-state index is 11.0. The van der Waals surface area contributed by atoms with Crippen molar-refractivity contribution in [2.75, 3.05) is 5.32 Å². The summed E-state index contributed by atoms with van der Waals surface area (Å²) in [6.45, 7) is 1.38. The van der Waals surface area contributed by atoms with Gasteiger partial charge in [0.05, 0.1) is 5.69 Å². The molecule has 72 valence electrons. The van der Waals surface area contributed by atoms with E-state index in [1.807, 2.05) is 0 Å². The van der Waals surface area contributed by atoms with Crippen molar-refractivity contribution in [2.45, 2.75) is 6.92 Å². The van der Waals surface area contributed by atoms with Gasteiger partial charge >= 0.3 is 0 Å². The number of rotatable bonds is 1. The zero-order chi connectivity index (χ0) is 10.1. The van der Waals surface area contributed by atoms with Crippen molar-refractivity contribution in [3.05, 3.63) is 23.4 Å². The van der Waals surface area contributed by atoms with E-state index in [1.165, 1.54) is 6.92 Å². The highest BCUT2D eigenvalue weighted by molar-refractivity contribution is 5.97. The van der Waals surface area contributed by atoms with E-state index in [-0.39, 0.29) is 11.4 Å². The predicted octanol–water partition coefficient (Wildman–Crippen LogP) is 0.420. The Hall–Kier alpha value is -2.11. The average Bonchev–Trinajstić information content (AvgIpc) is 2.49. The van der Waals surface area contributed by atoms with Crippen molar-refractivity contribution >= 4 is 22.6 Å². The lowest BCUT2D eigenvalue weighted by molar-refractivity contribution is -0.782. The SMILES string of the molecule is CC(=O)Nc1cccc2c1no[n+]2[O-]. The number of nitrogens with zero attached hydrogens (tertiary/aromatic N) is 2. The first kappa shape index (κ1) is 8.49. The van der Waals surface area contributed by atoms with Crippen molar-refractivity contribution in [3.8, 4) is 0 Å². The van der Waals surface area contributed by atoms with Gasteiger partial charge in [-0.3, -0.25) is 9.42 Å². The van der Waals surface area contributed by atoms with Crippen LogP contribution < -0.4 is 10.2 Å². The fourth-order valence-electron chi connectivity index (χ4n) is 1.19. The molecule has 0 saturated heterocycles. The Balaban J connectivity index is 2.59. The topological polar surface area (TPSA) is 82.1 Å². The highest BCUT2D eigenvalue weighted by Gasteiger charge is 2.13. The van der Waals surface area contributed by atoms with E-state index in [2.05, 4.69) is 15.1 Å². The van der Waals surface area contributed by atoms with Crippen LogP contribution in [-0.4, -0.2) is 11.1 Å². The van der Waals surface area contributed by atoms with Gasteiger partial charge in [0.1, 0.15) is 0 Å². The molecule has 1 heterocycles. The molecular formula is C8H7N3O3. The number of amides is 1. The number of hydrogen-bond acceptors (Lipinski definition) is 4. The van der Waals surface area contributed by atoms with E-state index in [4.69, 9.17) is 0 Å². The van der Waals surface area contributed by atoms with Crippen LogP contribution in [0.4, 0.5) is 5.69 Å². The second-order valence-corrected chi connectivity index (χ2v) is 2.78. The molecule has 6 heteroatoms. The third-order valence-electron chi connectivity index (χ3n) is 1.73. The first-order chi connectivity index (χ1) is 6.68. The summed E-state index contributed by atoms with van der Waals surface area (Å²) >= 11 is 0. The Kier molecular flexibility index (Phi) is 1.81. The minimum atomic E-state index is -0.224. The van der Waals surface area contributed by atoms with Crippen LogP contribution in [0.2, 0.25) is 0 Å². The van der Waals surface area contributed by atoms with Crippen molar-refractivity contribution in [3.63, 3.8) is 0 Å². The molecule has 0 unspecified atom stereocenters. The number of carbonyl (C=O) groups excluding carboxylic acids is 1. The van der Waals surface area contributed by atoms with Gasteiger partial charge in [0.15, 0.2) is 0 Å². The van der Waals surface area contributed by atoms with Crippen LogP contribution in [0.25, 0.3) is 11.0 Å². The van der Waals surface area contributed by atoms with Crippen LogP contribution in [0.15, 0.2) is 22.8 Å². The quantitative estimate of drug-likeness (QED) is 0.665. The van der Waals surface area contributed by atoms with Gasteiger partial charge in [-0.05, 0) is 17.0 Å². The largest absolute Gasteiger partial charge is 0.359 e. The molecule has 0 aliphatic carbocycles. The lowest BCUT2D eigenvalue weighted by atomic mass is 10.2.